The summed E-state index contributed by atoms with van der Waals surface area (Å²) in [6, 6.07) is 49.5. The summed E-state index contributed by atoms with van der Waals surface area (Å²) in [6.45, 7) is 0.436. The molecule has 1 heterocycles. The predicted octanol–water partition coefficient (Wildman–Crippen LogP) is 9.23. The molecule has 0 saturated heterocycles. The Labute approximate surface area is 313 Å². The number of anilines is 3. The minimum Gasteiger partial charge on any atom is -0.489 e. The normalized spacial score (nSPS) is 12.2. The number of hydrogen-bond acceptors (Lipinski definition) is 5. The smallest absolute Gasteiger partial charge is 0.272 e. The van der Waals surface area contributed by atoms with Gasteiger partial charge in [0.05, 0.1) is 17.1 Å². The Morgan fingerprint density at radius 1 is 0.660 bits per heavy atom. The summed E-state index contributed by atoms with van der Waals surface area (Å²) in [5, 5.41) is 5.70. The van der Waals surface area contributed by atoms with Gasteiger partial charge in [0.1, 0.15) is 18.1 Å². The van der Waals surface area contributed by atoms with E-state index in [4.69, 9.17) is 4.74 Å². The molecule has 2 N–H and O–H groups in total. The molecule has 1 aliphatic rings. The van der Waals surface area contributed by atoms with Crippen LogP contribution in [0.2, 0.25) is 0 Å². The third kappa shape index (κ3) is 8.92. The lowest BCUT2D eigenvalue weighted by Crippen LogP contribution is -2.30. The average Bonchev–Trinajstić information content (AvgIpc) is 3.38. The standard InChI is InChI=1S/C45H37N3O4S/c49-43(48-41-17-9-7-13-34(41)21-22-35-14-8-10-18-42(35)48)31-53-39-27-23-37(24-28-39)46-45(51)40(47-44(50)36-15-5-2-6-16-36)29-32-19-25-38(26-20-32)52-30-33-11-3-1-4-12-33/h1-20,23-29H,21-22,30-31H2,(H,46,51)(H,47,50)/b40-29-. The summed E-state index contributed by atoms with van der Waals surface area (Å²) in [5.41, 5.74) is 6.99. The van der Waals surface area contributed by atoms with Gasteiger partial charge in [0.25, 0.3) is 11.8 Å². The molecule has 7 rings (SSSR count). The van der Waals surface area contributed by atoms with Gasteiger partial charge in [-0.25, -0.2) is 0 Å². The highest BCUT2D eigenvalue weighted by Gasteiger charge is 2.25. The van der Waals surface area contributed by atoms with Gasteiger partial charge < -0.3 is 15.4 Å². The van der Waals surface area contributed by atoms with Crippen molar-refractivity contribution in [3.63, 3.8) is 0 Å². The Morgan fingerprint density at radius 2 is 1.25 bits per heavy atom. The van der Waals surface area contributed by atoms with Gasteiger partial charge in [-0.15, -0.1) is 11.8 Å². The zero-order chi connectivity index (χ0) is 36.4. The maximum atomic E-state index is 13.8. The van der Waals surface area contributed by atoms with Gasteiger partial charge in [-0.2, -0.15) is 0 Å². The van der Waals surface area contributed by atoms with Crippen LogP contribution in [0.3, 0.4) is 0 Å². The molecule has 53 heavy (non-hydrogen) atoms. The monoisotopic (exact) mass is 715 g/mol. The third-order valence-corrected chi connectivity index (χ3v) is 9.82. The van der Waals surface area contributed by atoms with Crippen LogP contribution in [0.5, 0.6) is 5.75 Å². The molecule has 6 aromatic carbocycles. The van der Waals surface area contributed by atoms with Gasteiger partial charge in [-0.1, -0.05) is 97.1 Å². The van der Waals surface area contributed by atoms with Crippen molar-refractivity contribution in [1.82, 2.24) is 5.32 Å². The van der Waals surface area contributed by atoms with Gasteiger partial charge in [0, 0.05) is 16.1 Å². The fourth-order valence-corrected chi connectivity index (χ4v) is 6.85. The number of aryl methyl sites for hydroxylation is 2. The van der Waals surface area contributed by atoms with E-state index in [1.165, 1.54) is 11.8 Å². The van der Waals surface area contributed by atoms with Crippen LogP contribution in [0.4, 0.5) is 17.1 Å². The summed E-state index contributed by atoms with van der Waals surface area (Å²) in [6.07, 6.45) is 3.38. The van der Waals surface area contributed by atoms with Crippen LogP contribution in [0.1, 0.15) is 32.6 Å². The van der Waals surface area contributed by atoms with Gasteiger partial charge in [0.15, 0.2) is 0 Å². The van der Waals surface area contributed by atoms with E-state index in [0.717, 1.165) is 45.8 Å². The fourth-order valence-electron chi connectivity index (χ4n) is 6.10. The van der Waals surface area contributed by atoms with Crippen LogP contribution in [0.25, 0.3) is 6.08 Å². The van der Waals surface area contributed by atoms with Crippen LogP contribution >= 0.6 is 11.8 Å². The fraction of sp³-hybridized carbons (Fsp3) is 0.0889. The molecule has 0 unspecified atom stereocenters. The zero-order valence-electron chi connectivity index (χ0n) is 28.9. The molecule has 0 saturated carbocycles. The minimum absolute atomic E-state index is 0.00564. The molecule has 0 spiro atoms. The lowest BCUT2D eigenvalue weighted by Gasteiger charge is -2.25. The summed E-state index contributed by atoms with van der Waals surface area (Å²) in [7, 11) is 0. The summed E-state index contributed by atoms with van der Waals surface area (Å²) in [4.78, 5) is 43.3. The van der Waals surface area contributed by atoms with Crippen LogP contribution < -0.4 is 20.3 Å². The van der Waals surface area contributed by atoms with Crippen LogP contribution in [0, 0.1) is 0 Å². The van der Waals surface area contributed by atoms with E-state index in [9.17, 15) is 14.4 Å². The van der Waals surface area contributed by atoms with Gasteiger partial charge >= 0.3 is 0 Å². The van der Waals surface area contributed by atoms with Crippen molar-refractivity contribution in [2.45, 2.75) is 24.3 Å². The van der Waals surface area contributed by atoms with Crippen molar-refractivity contribution in [2.75, 3.05) is 16.0 Å². The molecule has 0 aliphatic carbocycles. The van der Waals surface area contributed by atoms with E-state index < -0.39 is 11.8 Å². The molecule has 0 bridgehead atoms. The van der Waals surface area contributed by atoms with E-state index in [1.54, 1.807) is 42.5 Å². The number of para-hydroxylation sites is 2. The van der Waals surface area contributed by atoms with Crippen molar-refractivity contribution in [2.24, 2.45) is 0 Å². The molecule has 262 valence electrons. The zero-order valence-corrected chi connectivity index (χ0v) is 29.7. The summed E-state index contributed by atoms with van der Waals surface area (Å²) < 4.78 is 5.91. The maximum absolute atomic E-state index is 13.8. The first-order chi connectivity index (χ1) is 26.0. The predicted molar refractivity (Wildman–Crippen MR) is 212 cm³/mol. The number of nitrogens with one attached hydrogen (secondary N) is 2. The number of thioether (sulfide) groups is 1. The number of amides is 3. The minimum atomic E-state index is -0.479. The Balaban J connectivity index is 1.03. The molecule has 1 aliphatic heterocycles. The van der Waals surface area contributed by atoms with Gasteiger partial charge in [-0.3, -0.25) is 19.3 Å². The first kappa shape index (κ1) is 35.0. The van der Waals surface area contributed by atoms with Crippen molar-refractivity contribution in [1.29, 1.82) is 0 Å². The molecular formula is C45H37N3O4S. The van der Waals surface area contributed by atoms with Crippen LogP contribution in [-0.2, 0) is 29.0 Å². The molecule has 8 heteroatoms. The molecule has 0 atom stereocenters. The van der Waals surface area contributed by atoms with E-state index in [0.29, 0.717) is 29.2 Å². The molecule has 3 amide bonds. The number of rotatable bonds is 11. The van der Waals surface area contributed by atoms with E-state index in [1.807, 2.05) is 114 Å². The summed E-state index contributed by atoms with van der Waals surface area (Å²) in [5.74, 6) is 0.0386. The van der Waals surface area contributed by atoms with E-state index >= 15 is 0 Å². The highest BCUT2D eigenvalue weighted by molar-refractivity contribution is 8.00. The first-order valence-electron chi connectivity index (χ1n) is 17.4. The Hall–Kier alpha value is -6.38. The Morgan fingerprint density at radius 3 is 1.89 bits per heavy atom. The topological polar surface area (TPSA) is 87.7 Å². The Bertz CT molecular complexity index is 2190. The number of fused-ring (bicyclic) bond motifs is 2. The maximum Gasteiger partial charge on any atom is 0.272 e. The summed E-state index contributed by atoms with van der Waals surface area (Å²) >= 11 is 1.44. The quantitative estimate of drug-likeness (QED) is 0.103. The van der Waals surface area contributed by atoms with Crippen molar-refractivity contribution in [3.05, 3.63) is 191 Å². The van der Waals surface area contributed by atoms with E-state index in [2.05, 4.69) is 22.8 Å². The van der Waals surface area contributed by atoms with Crippen molar-refractivity contribution in [3.8, 4) is 5.75 Å². The molecular weight excluding hydrogens is 679 g/mol. The first-order valence-corrected chi connectivity index (χ1v) is 18.4. The number of carbonyl (C=O) groups excluding carboxylic acids is 3. The molecule has 7 nitrogen and oxygen atoms in total. The molecule has 0 fully saturated rings. The highest BCUT2D eigenvalue weighted by Crippen LogP contribution is 2.37. The number of benzene rings is 6. The second kappa shape index (κ2) is 16.8. The second-order valence-electron chi connectivity index (χ2n) is 12.5. The number of carbonyl (C=O) groups is 3. The SMILES string of the molecule is O=C(Nc1ccc(SCC(=O)N2c3ccccc3CCc3ccccc32)cc1)/C(=C/c1ccc(OCc2ccccc2)cc1)NC(=O)c1ccccc1. The van der Waals surface area contributed by atoms with Gasteiger partial charge in [0.2, 0.25) is 5.91 Å². The number of nitrogens with zero attached hydrogens (tertiary/aromatic N) is 1. The Kier molecular flexibility index (Phi) is 11.1. The molecule has 0 aromatic heterocycles. The van der Waals surface area contributed by atoms with Crippen molar-refractivity contribution < 1.29 is 19.1 Å². The van der Waals surface area contributed by atoms with Crippen molar-refractivity contribution >= 4 is 52.6 Å². The van der Waals surface area contributed by atoms with Gasteiger partial charge in [-0.05, 0) is 102 Å². The number of hydrogen-bond donors (Lipinski definition) is 2. The molecule has 0 radical (unpaired) electrons. The lowest BCUT2D eigenvalue weighted by molar-refractivity contribution is -0.115. The third-order valence-electron chi connectivity index (χ3n) is 8.82. The lowest BCUT2D eigenvalue weighted by atomic mass is 10.0. The van der Waals surface area contributed by atoms with Crippen LogP contribution in [0.15, 0.2) is 168 Å². The van der Waals surface area contributed by atoms with E-state index in [-0.39, 0.29) is 17.4 Å². The average molecular weight is 716 g/mol. The largest absolute Gasteiger partial charge is 0.489 e. The highest BCUT2D eigenvalue weighted by atomic mass is 32.2. The second-order valence-corrected chi connectivity index (χ2v) is 13.5. The van der Waals surface area contributed by atoms with Crippen LogP contribution in [-0.4, -0.2) is 23.5 Å². The molecule has 6 aromatic rings. The number of ether oxygens (including phenoxy) is 1.